The average molecular weight is 242 g/mol. The van der Waals surface area contributed by atoms with Crippen molar-refractivity contribution in [2.45, 2.75) is 11.8 Å². The van der Waals surface area contributed by atoms with Gasteiger partial charge in [0.2, 0.25) is 0 Å². The predicted octanol–water partition coefficient (Wildman–Crippen LogP) is 2.47. The average Bonchev–Trinajstić information content (AvgIpc) is 2.15. The van der Waals surface area contributed by atoms with Gasteiger partial charge < -0.3 is 0 Å². The molecule has 0 aliphatic rings. The Morgan fingerprint density at radius 3 is 2.67 bits per heavy atom. The summed E-state index contributed by atoms with van der Waals surface area (Å²) in [6.45, 7) is 1.90. The number of aryl methyl sites for hydroxylation is 1. The van der Waals surface area contributed by atoms with E-state index < -0.39 is 9.05 Å². The van der Waals surface area contributed by atoms with Gasteiger partial charge in [0.25, 0.3) is 9.05 Å². The van der Waals surface area contributed by atoms with Gasteiger partial charge in [0.05, 0.1) is 10.4 Å². The first kappa shape index (κ1) is 10.4. The van der Waals surface area contributed by atoms with Crippen LogP contribution in [-0.4, -0.2) is 13.4 Å². The number of aromatic nitrogens is 1. The lowest BCUT2D eigenvalue weighted by molar-refractivity contribution is 0.609. The topological polar surface area (TPSA) is 47.0 Å². The van der Waals surface area contributed by atoms with Crippen molar-refractivity contribution in [1.29, 1.82) is 0 Å². The molecule has 0 saturated heterocycles. The fourth-order valence-corrected chi connectivity index (χ4v) is 2.16. The summed E-state index contributed by atoms with van der Waals surface area (Å²) in [5, 5.41) is 0.775. The Kier molecular flexibility index (Phi) is 2.40. The lowest BCUT2D eigenvalue weighted by atomic mass is 10.2. The van der Waals surface area contributed by atoms with Gasteiger partial charge in [-0.05, 0) is 36.8 Å². The van der Waals surface area contributed by atoms with Crippen molar-refractivity contribution in [2.24, 2.45) is 0 Å². The molecule has 0 saturated carbocycles. The van der Waals surface area contributed by atoms with Crippen LogP contribution in [0.3, 0.4) is 0 Å². The SMILES string of the molecule is Cc1cnc2ccc(S(=O)(=O)Cl)cc2c1. The summed E-state index contributed by atoms with van der Waals surface area (Å²) in [5.74, 6) is 0. The van der Waals surface area contributed by atoms with E-state index in [1.807, 2.05) is 13.0 Å². The maximum absolute atomic E-state index is 11.1. The summed E-state index contributed by atoms with van der Waals surface area (Å²) in [4.78, 5) is 4.27. The van der Waals surface area contributed by atoms with Gasteiger partial charge in [-0.1, -0.05) is 0 Å². The molecule has 1 heterocycles. The van der Waals surface area contributed by atoms with Crippen LogP contribution in [0.2, 0.25) is 0 Å². The van der Waals surface area contributed by atoms with E-state index in [2.05, 4.69) is 4.98 Å². The van der Waals surface area contributed by atoms with Crippen molar-refractivity contribution in [2.75, 3.05) is 0 Å². The van der Waals surface area contributed by atoms with Gasteiger partial charge >= 0.3 is 0 Å². The van der Waals surface area contributed by atoms with Gasteiger partial charge in [0, 0.05) is 22.3 Å². The number of rotatable bonds is 1. The van der Waals surface area contributed by atoms with Crippen LogP contribution in [0.5, 0.6) is 0 Å². The molecule has 5 heteroatoms. The molecule has 0 aliphatic carbocycles. The quantitative estimate of drug-likeness (QED) is 0.721. The number of fused-ring (bicyclic) bond motifs is 1. The molecular formula is C10H8ClNO2S. The van der Waals surface area contributed by atoms with Crippen LogP contribution >= 0.6 is 10.7 Å². The number of hydrogen-bond donors (Lipinski definition) is 0. The molecule has 0 radical (unpaired) electrons. The van der Waals surface area contributed by atoms with Crippen molar-refractivity contribution in [3.05, 3.63) is 36.0 Å². The predicted molar refractivity (Wildman–Crippen MR) is 59.5 cm³/mol. The first-order valence-electron chi connectivity index (χ1n) is 4.28. The Bertz CT molecular complexity index is 622. The summed E-state index contributed by atoms with van der Waals surface area (Å²) < 4.78 is 22.2. The fraction of sp³-hybridized carbons (Fsp3) is 0.100. The van der Waals surface area contributed by atoms with Crippen molar-refractivity contribution >= 4 is 30.6 Å². The molecule has 1 aromatic carbocycles. The van der Waals surface area contributed by atoms with Crippen LogP contribution in [0.1, 0.15) is 5.56 Å². The molecule has 0 aliphatic heterocycles. The zero-order chi connectivity index (χ0) is 11.1. The van der Waals surface area contributed by atoms with Gasteiger partial charge in [-0.25, -0.2) is 8.42 Å². The summed E-state index contributed by atoms with van der Waals surface area (Å²) in [6, 6.07) is 6.49. The third kappa shape index (κ3) is 2.11. The maximum Gasteiger partial charge on any atom is 0.261 e. The van der Waals surface area contributed by atoms with E-state index in [0.29, 0.717) is 0 Å². The Hall–Kier alpha value is -1.13. The summed E-state index contributed by atoms with van der Waals surface area (Å²) >= 11 is 0. The molecule has 3 nitrogen and oxygen atoms in total. The fourth-order valence-electron chi connectivity index (χ4n) is 1.37. The molecular weight excluding hydrogens is 234 g/mol. The Balaban J connectivity index is 2.75. The summed E-state index contributed by atoms with van der Waals surface area (Å²) in [7, 11) is 1.59. The minimum Gasteiger partial charge on any atom is -0.256 e. The Morgan fingerprint density at radius 2 is 2.00 bits per heavy atom. The van der Waals surface area contributed by atoms with Gasteiger partial charge in [0.15, 0.2) is 0 Å². The zero-order valence-corrected chi connectivity index (χ0v) is 9.51. The molecule has 2 aromatic rings. The largest absolute Gasteiger partial charge is 0.261 e. The smallest absolute Gasteiger partial charge is 0.256 e. The van der Waals surface area contributed by atoms with E-state index in [4.69, 9.17) is 10.7 Å². The van der Waals surface area contributed by atoms with Crippen molar-refractivity contribution in [3.63, 3.8) is 0 Å². The molecule has 15 heavy (non-hydrogen) atoms. The second-order valence-electron chi connectivity index (χ2n) is 3.31. The standard InChI is InChI=1S/C10H8ClNO2S/c1-7-4-8-5-9(15(11,13)14)2-3-10(8)12-6-7/h2-6H,1H3. The van der Waals surface area contributed by atoms with Crippen LogP contribution in [0.15, 0.2) is 35.4 Å². The highest BCUT2D eigenvalue weighted by Gasteiger charge is 2.10. The number of hydrogen-bond acceptors (Lipinski definition) is 3. The van der Waals surface area contributed by atoms with Crippen LogP contribution < -0.4 is 0 Å². The highest BCUT2D eigenvalue weighted by molar-refractivity contribution is 8.13. The van der Waals surface area contributed by atoms with E-state index in [0.717, 1.165) is 16.5 Å². The lowest BCUT2D eigenvalue weighted by Crippen LogP contribution is -1.91. The number of halogens is 1. The van der Waals surface area contributed by atoms with E-state index in [1.54, 1.807) is 12.3 Å². The Morgan fingerprint density at radius 1 is 1.27 bits per heavy atom. The monoisotopic (exact) mass is 241 g/mol. The molecule has 0 atom stereocenters. The highest BCUT2D eigenvalue weighted by Crippen LogP contribution is 2.20. The van der Waals surface area contributed by atoms with E-state index in [-0.39, 0.29) is 4.90 Å². The molecule has 0 amide bonds. The van der Waals surface area contributed by atoms with E-state index in [1.165, 1.54) is 12.1 Å². The van der Waals surface area contributed by atoms with Gasteiger partial charge in [-0.2, -0.15) is 0 Å². The molecule has 78 valence electrons. The zero-order valence-electron chi connectivity index (χ0n) is 7.94. The molecule has 0 fully saturated rings. The van der Waals surface area contributed by atoms with Gasteiger partial charge in [-0.15, -0.1) is 0 Å². The molecule has 1 aromatic heterocycles. The third-order valence-electron chi connectivity index (χ3n) is 2.07. The van der Waals surface area contributed by atoms with Gasteiger partial charge in [0.1, 0.15) is 0 Å². The van der Waals surface area contributed by atoms with Gasteiger partial charge in [-0.3, -0.25) is 4.98 Å². The first-order valence-corrected chi connectivity index (χ1v) is 6.59. The Labute approximate surface area is 92.1 Å². The van der Waals surface area contributed by atoms with Crippen molar-refractivity contribution < 1.29 is 8.42 Å². The second-order valence-corrected chi connectivity index (χ2v) is 5.87. The molecule has 0 N–H and O–H groups in total. The highest BCUT2D eigenvalue weighted by atomic mass is 35.7. The lowest BCUT2D eigenvalue weighted by Gasteiger charge is -2.00. The van der Waals surface area contributed by atoms with Crippen LogP contribution in [0.4, 0.5) is 0 Å². The number of benzene rings is 1. The summed E-state index contributed by atoms with van der Waals surface area (Å²) in [5.41, 5.74) is 1.73. The number of nitrogens with zero attached hydrogens (tertiary/aromatic N) is 1. The van der Waals surface area contributed by atoms with Crippen molar-refractivity contribution in [1.82, 2.24) is 4.98 Å². The van der Waals surface area contributed by atoms with E-state index >= 15 is 0 Å². The van der Waals surface area contributed by atoms with Crippen LogP contribution in [0, 0.1) is 6.92 Å². The molecule has 0 spiro atoms. The van der Waals surface area contributed by atoms with Crippen LogP contribution in [-0.2, 0) is 9.05 Å². The molecule has 2 rings (SSSR count). The van der Waals surface area contributed by atoms with E-state index in [9.17, 15) is 8.42 Å². The van der Waals surface area contributed by atoms with Crippen molar-refractivity contribution in [3.8, 4) is 0 Å². The number of pyridine rings is 1. The normalized spacial score (nSPS) is 11.9. The van der Waals surface area contributed by atoms with Crippen LogP contribution in [0.25, 0.3) is 10.9 Å². The molecule has 0 bridgehead atoms. The molecule has 0 unspecified atom stereocenters. The minimum atomic E-state index is -3.66. The third-order valence-corrected chi connectivity index (χ3v) is 3.42. The maximum atomic E-state index is 11.1. The minimum absolute atomic E-state index is 0.101. The second kappa shape index (κ2) is 3.47. The summed E-state index contributed by atoms with van der Waals surface area (Å²) in [6.07, 6.45) is 1.73. The first-order chi connectivity index (χ1) is 6.97.